The summed E-state index contributed by atoms with van der Waals surface area (Å²) in [5.74, 6) is 0. The van der Waals surface area contributed by atoms with E-state index in [0.717, 1.165) is 11.9 Å². The number of nitrogens with one attached hydrogen (secondary N) is 1. The highest BCUT2D eigenvalue weighted by molar-refractivity contribution is 7.90. The SMILES string of the molecule is CS(=O)(=O)c1ncccn1.Cc1cn[nH]n1. The van der Waals surface area contributed by atoms with Gasteiger partial charge in [-0.2, -0.15) is 15.4 Å². The second kappa shape index (κ2) is 5.31. The van der Waals surface area contributed by atoms with Gasteiger partial charge < -0.3 is 0 Å². The third-order valence-corrected chi connectivity index (χ3v) is 2.28. The van der Waals surface area contributed by atoms with Crippen LogP contribution in [0, 0.1) is 6.92 Å². The molecule has 0 saturated carbocycles. The average Bonchev–Trinajstić information content (AvgIpc) is 2.70. The van der Waals surface area contributed by atoms with Gasteiger partial charge in [-0.25, -0.2) is 18.4 Å². The summed E-state index contributed by atoms with van der Waals surface area (Å²) in [6, 6.07) is 1.56. The predicted octanol–water partition coefficient (Wildman–Crippen LogP) is -0.00678. The zero-order chi connectivity index (χ0) is 12.0. The zero-order valence-electron chi connectivity index (χ0n) is 8.82. The first-order valence-corrected chi connectivity index (χ1v) is 6.19. The summed E-state index contributed by atoms with van der Waals surface area (Å²) in [5, 5.41) is 9.57. The molecule has 0 aromatic carbocycles. The van der Waals surface area contributed by atoms with Gasteiger partial charge in [0, 0.05) is 18.6 Å². The van der Waals surface area contributed by atoms with Crippen molar-refractivity contribution in [1.29, 1.82) is 0 Å². The van der Waals surface area contributed by atoms with E-state index in [2.05, 4.69) is 25.4 Å². The van der Waals surface area contributed by atoms with Crippen LogP contribution in [0.25, 0.3) is 0 Å². The molecule has 8 heteroatoms. The fraction of sp³-hybridized carbons (Fsp3) is 0.250. The van der Waals surface area contributed by atoms with Crippen molar-refractivity contribution in [3.05, 3.63) is 30.4 Å². The molecule has 0 amide bonds. The minimum Gasteiger partial charge on any atom is -0.227 e. The summed E-state index contributed by atoms with van der Waals surface area (Å²) in [7, 11) is -3.23. The Morgan fingerprint density at radius 1 is 1.25 bits per heavy atom. The van der Waals surface area contributed by atoms with Crippen LogP contribution in [-0.4, -0.2) is 40.1 Å². The molecule has 86 valence electrons. The van der Waals surface area contributed by atoms with Gasteiger partial charge >= 0.3 is 0 Å². The summed E-state index contributed by atoms with van der Waals surface area (Å²) >= 11 is 0. The number of nitrogens with zero attached hydrogens (tertiary/aromatic N) is 4. The summed E-state index contributed by atoms with van der Waals surface area (Å²) in [4.78, 5) is 7.10. The fourth-order valence-corrected chi connectivity index (χ4v) is 1.24. The molecule has 2 aromatic rings. The van der Waals surface area contributed by atoms with Gasteiger partial charge in [0.2, 0.25) is 15.0 Å². The van der Waals surface area contributed by atoms with Gasteiger partial charge in [0.1, 0.15) is 0 Å². The predicted molar refractivity (Wildman–Crippen MR) is 56.3 cm³/mol. The maximum atomic E-state index is 10.7. The Morgan fingerprint density at radius 3 is 2.12 bits per heavy atom. The van der Waals surface area contributed by atoms with E-state index in [1.807, 2.05) is 6.92 Å². The lowest BCUT2D eigenvalue weighted by molar-refractivity contribution is 0.593. The van der Waals surface area contributed by atoms with E-state index < -0.39 is 9.84 Å². The molecule has 0 aliphatic carbocycles. The molecule has 7 nitrogen and oxygen atoms in total. The molecule has 0 aliphatic rings. The topological polar surface area (TPSA) is 101 Å². The average molecular weight is 241 g/mol. The van der Waals surface area contributed by atoms with Crippen molar-refractivity contribution in [3.63, 3.8) is 0 Å². The van der Waals surface area contributed by atoms with Crippen molar-refractivity contribution >= 4 is 9.84 Å². The lowest BCUT2D eigenvalue weighted by Gasteiger charge is -1.91. The minimum atomic E-state index is -3.23. The van der Waals surface area contributed by atoms with Gasteiger partial charge in [-0.3, -0.25) is 0 Å². The molecule has 2 rings (SSSR count). The third-order valence-electron chi connectivity index (χ3n) is 1.41. The Hall–Kier alpha value is -1.83. The largest absolute Gasteiger partial charge is 0.246 e. The number of aryl methyl sites for hydroxylation is 1. The van der Waals surface area contributed by atoms with Crippen LogP contribution in [0.2, 0.25) is 0 Å². The first kappa shape index (κ1) is 12.2. The zero-order valence-corrected chi connectivity index (χ0v) is 9.64. The molecule has 2 heterocycles. The Kier molecular flexibility index (Phi) is 4.06. The fourth-order valence-electron chi connectivity index (χ4n) is 0.736. The molecule has 2 aromatic heterocycles. The molecule has 0 spiro atoms. The van der Waals surface area contributed by atoms with Crippen molar-refractivity contribution < 1.29 is 8.42 Å². The molecular weight excluding hydrogens is 230 g/mol. The van der Waals surface area contributed by atoms with Crippen LogP contribution < -0.4 is 0 Å². The van der Waals surface area contributed by atoms with Crippen LogP contribution in [-0.2, 0) is 9.84 Å². The lowest BCUT2D eigenvalue weighted by atomic mass is 10.6. The first-order valence-electron chi connectivity index (χ1n) is 4.29. The number of hydrogen-bond donors (Lipinski definition) is 1. The molecular formula is C8H11N5O2S. The Balaban J connectivity index is 0.000000181. The summed E-state index contributed by atoms with van der Waals surface area (Å²) < 4.78 is 21.4. The highest BCUT2D eigenvalue weighted by Crippen LogP contribution is 1.96. The van der Waals surface area contributed by atoms with Crippen LogP contribution in [0.5, 0.6) is 0 Å². The van der Waals surface area contributed by atoms with Gasteiger partial charge in [-0.15, -0.1) is 0 Å². The smallest absolute Gasteiger partial charge is 0.227 e. The lowest BCUT2D eigenvalue weighted by Crippen LogP contribution is -2.02. The molecule has 0 fully saturated rings. The highest BCUT2D eigenvalue weighted by Gasteiger charge is 2.07. The number of hydrogen-bond acceptors (Lipinski definition) is 6. The number of H-pyrrole nitrogens is 1. The summed E-state index contributed by atoms with van der Waals surface area (Å²) in [6.45, 7) is 1.88. The van der Waals surface area contributed by atoms with Crippen molar-refractivity contribution in [1.82, 2.24) is 25.4 Å². The maximum absolute atomic E-state index is 10.7. The van der Waals surface area contributed by atoms with Gasteiger partial charge in [-0.05, 0) is 13.0 Å². The summed E-state index contributed by atoms with van der Waals surface area (Å²) in [6.07, 6.45) is 5.52. The third kappa shape index (κ3) is 4.13. The maximum Gasteiger partial charge on any atom is 0.246 e. The first-order chi connectivity index (χ1) is 7.50. The van der Waals surface area contributed by atoms with E-state index in [9.17, 15) is 8.42 Å². The van der Waals surface area contributed by atoms with Gasteiger partial charge in [0.25, 0.3) is 0 Å². The van der Waals surface area contributed by atoms with Crippen molar-refractivity contribution in [2.75, 3.05) is 6.26 Å². The van der Waals surface area contributed by atoms with Crippen LogP contribution in [0.3, 0.4) is 0 Å². The molecule has 0 saturated heterocycles. The number of aromatic amines is 1. The number of sulfone groups is 1. The van der Waals surface area contributed by atoms with E-state index in [4.69, 9.17) is 0 Å². The standard InChI is InChI=1S/C5H6N2O2S.C3H5N3/c1-10(8,9)5-6-3-2-4-7-5;1-3-2-4-6-5-3/h2-4H,1H3;2H,1H3,(H,4,5,6). The van der Waals surface area contributed by atoms with E-state index in [1.54, 1.807) is 12.3 Å². The number of rotatable bonds is 1. The highest BCUT2D eigenvalue weighted by atomic mass is 32.2. The Bertz CT molecular complexity index is 509. The van der Waals surface area contributed by atoms with E-state index >= 15 is 0 Å². The molecule has 1 N–H and O–H groups in total. The molecule has 16 heavy (non-hydrogen) atoms. The van der Waals surface area contributed by atoms with Gasteiger partial charge in [-0.1, -0.05) is 0 Å². The van der Waals surface area contributed by atoms with Crippen LogP contribution in [0.1, 0.15) is 5.69 Å². The monoisotopic (exact) mass is 241 g/mol. The van der Waals surface area contributed by atoms with Gasteiger partial charge in [0.15, 0.2) is 0 Å². The second-order valence-electron chi connectivity index (χ2n) is 2.91. The minimum absolute atomic E-state index is 0.130. The van der Waals surface area contributed by atoms with Gasteiger partial charge in [0.05, 0.1) is 11.9 Å². The van der Waals surface area contributed by atoms with Crippen LogP contribution in [0.15, 0.2) is 29.8 Å². The van der Waals surface area contributed by atoms with Crippen LogP contribution >= 0.6 is 0 Å². The normalized spacial score (nSPS) is 10.4. The molecule has 0 unspecified atom stereocenters. The van der Waals surface area contributed by atoms with E-state index in [-0.39, 0.29) is 5.16 Å². The molecule has 0 aliphatic heterocycles. The van der Waals surface area contributed by atoms with Crippen molar-refractivity contribution in [2.45, 2.75) is 12.1 Å². The van der Waals surface area contributed by atoms with E-state index in [0.29, 0.717) is 0 Å². The molecule has 0 bridgehead atoms. The molecule has 0 radical (unpaired) electrons. The second-order valence-corrected chi connectivity index (χ2v) is 4.82. The molecule has 0 atom stereocenters. The quantitative estimate of drug-likeness (QED) is 0.705. The van der Waals surface area contributed by atoms with Crippen molar-refractivity contribution in [2.24, 2.45) is 0 Å². The van der Waals surface area contributed by atoms with Crippen molar-refractivity contribution in [3.8, 4) is 0 Å². The summed E-state index contributed by atoms with van der Waals surface area (Å²) in [5.41, 5.74) is 0.926. The Labute approximate surface area is 92.9 Å². The van der Waals surface area contributed by atoms with Crippen LogP contribution in [0.4, 0.5) is 0 Å². The van der Waals surface area contributed by atoms with E-state index in [1.165, 1.54) is 12.4 Å². The number of aromatic nitrogens is 5. The Morgan fingerprint density at radius 2 is 1.88 bits per heavy atom.